The summed E-state index contributed by atoms with van der Waals surface area (Å²) < 4.78 is 0. The zero-order valence-electron chi connectivity index (χ0n) is 11.0. The molecule has 1 rings (SSSR count). The normalized spacial score (nSPS) is 21.4. The summed E-state index contributed by atoms with van der Waals surface area (Å²) in [5.74, 6) is -0.965. The van der Waals surface area contributed by atoms with Gasteiger partial charge < -0.3 is 10.0 Å². The van der Waals surface area contributed by atoms with Gasteiger partial charge in [-0.2, -0.15) is 0 Å². The van der Waals surface area contributed by atoms with E-state index in [1.54, 1.807) is 14.0 Å². The molecule has 1 N–H and O–H groups in total. The number of rotatable bonds is 3. The van der Waals surface area contributed by atoms with Gasteiger partial charge in [-0.3, -0.25) is 4.79 Å². The minimum atomic E-state index is -0.946. The third-order valence-electron chi connectivity index (χ3n) is 3.98. The number of aliphatic carboxylic acids is 1. The lowest BCUT2D eigenvalue weighted by atomic mass is 9.81. The third kappa shape index (κ3) is 3.20. The Labute approximate surface area is 103 Å². The van der Waals surface area contributed by atoms with Crippen LogP contribution in [0.1, 0.15) is 52.4 Å². The van der Waals surface area contributed by atoms with Crippen molar-refractivity contribution in [3.63, 3.8) is 0 Å². The Morgan fingerprint density at radius 2 is 1.65 bits per heavy atom. The molecule has 0 radical (unpaired) electrons. The quantitative estimate of drug-likeness (QED) is 0.771. The lowest BCUT2D eigenvalue weighted by Gasteiger charge is -2.33. The van der Waals surface area contributed by atoms with E-state index in [-0.39, 0.29) is 11.3 Å². The number of carbonyl (C=O) groups excluding carboxylic acids is 1. The van der Waals surface area contributed by atoms with Crippen molar-refractivity contribution in [1.82, 2.24) is 4.90 Å². The van der Waals surface area contributed by atoms with E-state index >= 15 is 0 Å². The van der Waals surface area contributed by atoms with Gasteiger partial charge in [-0.05, 0) is 19.8 Å². The molecule has 0 aromatic rings. The number of carbonyl (C=O) groups is 2. The SMILES string of the molecule is CC(C(=O)O)N(C)C(=O)C1(C)CCCCCC1. The van der Waals surface area contributed by atoms with Crippen molar-refractivity contribution in [2.75, 3.05) is 7.05 Å². The molecule has 1 aliphatic carbocycles. The lowest BCUT2D eigenvalue weighted by molar-refractivity contribution is -0.153. The maximum Gasteiger partial charge on any atom is 0.326 e. The molecular weight excluding hydrogens is 218 g/mol. The summed E-state index contributed by atoms with van der Waals surface area (Å²) in [6, 6.07) is -0.748. The molecule has 17 heavy (non-hydrogen) atoms. The second-order valence-electron chi connectivity index (χ2n) is 5.41. The van der Waals surface area contributed by atoms with Crippen LogP contribution < -0.4 is 0 Å². The van der Waals surface area contributed by atoms with Crippen molar-refractivity contribution in [2.24, 2.45) is 5.41 Å². The van der Waals surface area contributed by atoms with Gasteiger partial charge in [0.1, 0.15) is 6.04 Å². The van der Waals surface area contributed by atoms with Gasteiger partial charge in [0, 0.05) is 12.5 Å². The van der Waals surface area contributed by atoms with Gasteiger partial charge in [-0.15, -0.1) is 0 Å². The van der Waals surface area contributed by atoms with Gasteiger partial charge in [0.05, 0.1) is 0 Å². The van der Waals surface area contributed by atoms with Crippen LogP contribution in [0.2, 0.25) is 0 Å². The predicted molar refractivity (Wildman–Crippen MR) is 65.7 cm³/mol. The highest BCUT2D eigenvalue weighted by molar-refractivity contribution is 5.86. The van der Waals surface area contributed by atoms with E-state index in [2.05, 4.69) is 0 Å². The van der Waals surface area contributed by atoms with E-state index in [9.17, 15) is 9.59 Å². The van der Waals surface area contributed by atoms with Crippen LogP contribution >= 0.6 is 0 Å². The minimum Gasteiger partial charge on any atom is -0.480 e. The number of hydrogen-bond acceptors (Lipinski definition) is 2. The first kappa shape index (κ1) is 14.0. The third-order valence-corrected chi connectivity index (χ3v) is 3.98. The standard InChI is InChI=1S/C13H23NO3/c1-10(11(15)16)14(3)12(17)13(2)8-6-4-5-7-9-13/h10H,4-9H2,1-3H3,(H,15,16). The molecule has 1 amide bonds. The van der Waals surface area contributed by atoms with Crippen LogP contribution in [0.5, 0.6) is 0 Å². The van der Waals surface area contributed by atoms with E-state index in [4.69, 9.17) is 5.11 Å². The Hall–Kier alpha value is -1.06. The Kier molecular flexibility index (Phi) is 4.54. The molecule has 1 saturated carbocycles. The molecule has 98 valence electrons. The number of nitrogens with zero attached hydrogens (tertiary/aromatic N) is 1. The van der Waals surface area contributed by atoms with Crippen molar-refractivity contribution in [3.8, 4) is 0 Å². The first-order valence-electron chi connectivity index (χ1n) is 6.38. The van der Waals surface area contributed by atoms with Crippen molar-refractivity contribution in [2.45, 2.75) is 58.4 Å². The Balaban J connectivity index is 2.75. The van der Waals surface area contributed by atoms with Crippen molar-refractivity contribution >= 4 is 11.9 Å². The minimum absolute atomic E-state index is 0.0192. The van der Waals surface area contributed by atoms with Gasteiger partial charge in [-0.1, -0.05) is 32.6 Å². The molecule has 0 saturated heterocycles. The van der Waals surface area contributed by atoms with Crippen LogP contribution in [-0.4, -0.2) is 35.0 Å². The van der Waals surface area contributed by atoms with E-state index < -0.39 is 12.0 Å². The van der Waals surface area contributed by atoms with Crippen LogP contribution in [0.3, 0.4) is 0 Å². The van der Waals surface area contributed by atoms with Crippen LogP contribution in [0.25, 0.3) is 0 Å². The van der Waals surface area contributed by atoms with Crippen LogP contribution in [0.15, 0.2) is 0 Å². The molecule has 4 heteroatoms. The average Bonchev–Trinajstić information content (AvgIpc) is 2.52. The lowest BCUT2D eigenvalue weighted by Crippen LogP contribution is -2.47. The molecule has 0 bridgehead atoms. The molecule has 1 aliphatic rings. The second-order valence-corrected chi connectivity index (χ2v) is 5.41. The largest absolute Gasteiger partial charge is 0.480 e. The van der Waals surface area contributed by atoms with Crippen LogP contribution in [0.4, 0.5) is 0 Å². The average molecular weight is 241 g/mol. The summed E-state index contributed by atoms with van der Waals surface area (Å²) in [5, 5.41) is 8.95. The molecule has 0 aromatic heterocycles. The highest BCUT2D eigenvalue weighted by Crippen LogP contribution is 2.36. The topological polar surface area (TPSA) is 57.6 Å². The molecule has 0 spiro atoms. The van der Waals surface area contributed by atoms with E-state index in [1.807, 2.05) is 6.92 Å². The van der Waals surface area contributed by atoms with Crippen LogP contribution in [-0.2, 0) is 9.59 Å². The summed E-state index contributed by atoms with van der Waals surface area (Å²) in [7, 11) is 1.59. The molecular formula is C13H23NO3. The number of amides is 1. The monoisotopic (exact) mass is 241 g/mol. The summed E-state index contributed by atoms with van der Waals surface area (Å²) in [6.45, 7) is 3.53. The number of hydrogen-bond donors (Lipinski definition) is 1. The number of carboxylic acid groups (broad SMARTS) is 1. The highest BCUT2D eigenvalue weighted by atomic mass is 16.4. The maximum atomic E-state index is 12.4. The van der Waals surface area contributed by atoms with Gasteiger partial charge in [0.15, 0.2) is 0 Å². The second kappa shape index (κ2) is 5.52. The highest BCUT2D eigenvalue weighted by Gasteiger charge is 2.38. The fraction of sp³-hybridized carbons (Fsp3) is 0.846. The van der Waals surface area contributed by atoms with Gasteiger partial charge in [0.25, 0.3) is 0 Å². The molecule has 0 heterocycles. The Bertz CT molecular complexity index is 293. The Morgan fingerprint density at radius 3 is 2.06 bits per heavy atom. The molecule has 0 aromatic carbocycles. The van der Waals surface area contributed by atoms with E-state index in [1.165, 1.54) is 17.7 Å². The first-order chi connectivity index (χ1) is 7.88. The number of likely N-dealkylation sites (N-methyl/N-ethyl adjacent to an activating group) is 1. The van der Waals surface area contributed by atoms with Crippen LogP contribution in [0, 0.1) is 5.41 Å². The van der Waals surface area contributed by atoms with Gasteiger partial charge in [-0.25, -0.2) is 4.79 Å². The van der Waals surface area contributed by atoms with Gasteiger partial charge in [0.2, 0.25) is 5.91 Å². The van der Waals surface area contributed by atoms with Crippen molar-refractivity contribution in [3.05, 3.63) is 0 Å². The predicted octanol–water partition coefficient (Wildman–Crippen LogP) is 2.28. The van der Waals surface area contributed by atoms with Gasteiger partial charge >= 0.3 is 5.97 Å². The summed E-state index contributed by atoms with van der Waals surface area (Å²) in [5.41, 5.74) is -0.366. The van der Waals surface area contributed by atoms with Crippen molar-refractivity contribution < 1.29 is 14.7 Å². The van der Waals surface area contributed by atoms with E-state index in [0.29, 0.717) is 0 Å². The fourth-order valence-electron chi connectivity index (χ4n) is 2.49. The molecule has 1 atom stereocenters. The molecule has 4 nitrogen and oxygen atoms in total. The zero-order valence-corrected chi connectivity index (χ0v) is 11.0. The maximum absolute atomic E-state index is 12.4. The summed E-state index contributed by atoms with van der Waals surface area (Å²) >= 11 is 0. The first-order valence-corrected chi connectivity index (χ1v) is 6.38. The molecule has 0 aliphatic heterocycles. The smallest absolute Gasteiger partial charge is 0.326 e. The fourth-order valence-corrected chi connectivity index (χ4v) is 2.49. The molecule has 1 unspecified atom stereocenters. The Morgan fingerprint density at radius 1 is 1.18 bits per heavy atom. The summed E-state index contributed by atoms with van der Waals surface area (Å²) in [4.78, 5) is 24.7. The number of carboxylic acids is 1. The van der Waals surface area contributed by atoms with E-state index in [0.717, 1.165) is 25.7 Å². The molecule has 1 fully saturated rings. The summed E-state index contributed by atoms with van der Waals surface area (Å²) in [6.07, 6.45) is 6.25. The zero-order chi connectivity index (χ0) is 13.1. The van der Waals surface area contributed by atoms with Crippen molar-refractivity contribution in [1.29, 1.82) is 0 Å².